The van der Waals surface area contributed by atoms with Gasteiger partial charge in [0.15, 0.2) is 0 Å². The van der Waals surface area contributed by atoms with Crippen LogP contribution in [0.4, 0.5) is 0 Å². The van der Waals surface area contributed by atoms with Gasteiger partial charge in [-0.15, -0.1) is 0 Å². The number of likely N-dealkylation sites (tertiary alicyclic amines) is 1. The van der Waals surface area contributed by atoms with Gasteiger partial charge in [-0.3, -0.25) is 4.90 Å². The molecule has 24 heavy (non-hydrogen) atoms. The van der Waals surface area contributed by atoms with Crippen LogP contribution in [0.2, 0.25) is 13.1 Å². The number of benzene rings is 2. The Morgan fingerprint density at radius 1 is 1.00 bits per heavy atom. The van der Waals surface area contributed by atoms with Crippen LogP contribution in [0.3, 0.4) is 0 Å². The summed E-state index contributed by atoms with van der Waals surface area (Å²) < 4.78 is 0. The molecule has 0 spiro atoms. The predicted octanol–water partition coefficient (Wildman–Crippen LogP) is 4.78. The highest BCUT2D eigenvalue weighted by atomic mass is 28.3. The standard InChI is InChI=1S/C22H29NSi/c1-18-15-23(19(2)20-11-7-5-8-12-20)16-21(18)17-24(3,4)22-13-9-6-10-14-22/h5-14,17-19H,15-16H2,1-4H3/b21-17-/t18?,19-/m1/s1. The van der Waals surface area contributed by atoms with E-state index in [2.05, 4.69) is 98.2 Å². The largest absolute Gasteiger partial charge is 0.292 e. The zero-order valence-electron chi connectivity index (χ0n) is 15.4. The molecular weight excluding hydrogens is 306 g/mol. The maximum absolute atomic E-state index is 2.64. The van der Waals surface area contributed by atoms with E-state index in [-0.39, 0.29) is 0 Å². The molecule has 0 N–H and O–H groups in total. The third-order valence-electron chi connectivity index (χ3n) is 5.42. The molecule has 2 aromatic carbocycles. The fraction of sp³-hybridized carbons (Fsp3) is 0.364. The van der Waals surface area contributed by atoms with Gasteiger partial charge in [0, 0.05) is 19.1 Å². The topological polar surface area (TPSA) is 3.24 Å². The van der Waals surface area contributed by atoms with Crippen LogP contribution in [0, 0.1) is 5.92 Å². The van der Waals surface area contributed by atoms with Gasteiger partial charge in [0.05, 0.1) is 0 Å². The van der Waals surface area contributed by atoms with Crippen molar-refractivity contribution in [2.24, 2.45) is 5.92 Å². The molecule has 0 radical (unpaired) electrons. The zero-order chi connectivity index (χ0) is 17.2. The van der Waals surface area contributed by atoms with Gasteiger partial charge < -0.3 is 0 Å². The molecular formula is C22H29NSi. The van der Waals surface area contributed by atoms with Crippen molar-refractivity contribution in [3.8, 4) is 0 Å². The van der Waals surface area contributed by atoms with E-state index in [0.717, 1.165) is 6.54 Å². The second-order valence-electron chi connectivity index (χ2n) is 7.72. The van der Waals surface area contributed by atoms with Gasteiger partial charge in [0.25, 0.3) is 0 Å². The minimum absolute atomic E-state index is 0.487. The molecule has 0 amide bonds. The van der Waals surface area contributed by atoms with Crippen molar-refractivity contribution >= 4 is 13.3 Å². The zero-order valence-corrected chi connectivity index (χ0v) is 16.4. The molecule has 1 aliphatic heterocycles. The molecule has 1 unspecified atom stereocenters. The van der Waals surface area contributed by atoms with Crippen molar-refractivity contribution in [1.29, 1.82) is 0 Å². The molecule has 2 heteroatoms. The predicted molar refractivity (Wildman–Crippen MR) is 107 cm³/mol. The van der Waals surface area contributed by atoms with Crippen LogP contribution in [0.25, 0.3) is 0 Å². The number of rotatable bonds is 4. The van der Waals surface area contributed by atoms with Crippen molar-refractivity contribution in [2.75, 3.05) is 13.1 Å². The fourth-order valence-corrected chi connectivity index (χ4v) is 6.28. The third-order valence-corrected chi connectivity index (χ3v) is 8.33. The lowest BCUT2D eigenvalue weighted by molar-refractivity contribution is 0.257. The molecule has 1 nitrogen and oxygen atoms in total. The van der Waals surface area contributed by atoms with Crippen molar-refractivity contribution in [1.82, 2.24) is 4.90 Å². The van der Waals surface area contributed by atoms with Gasteiger partial charge in [-0.25, -0.2) is 0 Å². The van der Waals surface area contributed by atoms with Gasteiger partial charge in [-0.05, 0) is 18.4 Å². The summed E-state index contributed by atoms with van der Waals surface area (Å²) in [5, 5.41) is 1.53. The Balaban J connectivity index is 1.78. The molecule has 3 rings (SSSR count). The summed E-state index contributed by atoms with van der Waals surface area (Å²) in [6, 6.07) is 22.4. The second kappa shape index (κ2) is 7.08. The van der Waals surface area contributed by atoms with Gasteiger partial charge >= 0.3 is 0 Å². The Labute approximate surface area is 148 Å². The van der Waals surface area contributed by atoms with Gasteiger partial charge in [-0.1, -0.05) is 97.1 Å². The lowest BCUT2D eigenvalue weighted by atomic mass is 10.1. The number of nitrogens with zero attached hydrogens (tertiary/aromatic N) is 1. The van der Waals surface area contributed by atoms with Crippen molar-refractivity contribution < 1.29 is 0 Å². The van der Waals surface area contributed by atoms with E-state index in [1.54, 1.807) is 5.57 Å². The Morgan fingerprint density at radius 2 is 1.58 bits per heavy atom. The molecule has 0 bridgehead atoms. The maximum atomic E-state index is 2.64. The second-order valence-corrected chi connectivity index (χ2v) is 12.0. The van der Waals surface area contributed by atoms with Crippen LogP contribution in [-0.2, 0) is 0 Å². The van der Waals surface area contributed by atoms with Gasteiger partial charge in [0.1, 0.15) is 8.07 Å². The molecule has 0 aromatic heterocycles. The van der Waals surface area contributed by atoms with E-state index < -0.39 is 8.07 Å². The highest BCUT2D eigenvalue weighted by Gasteiger charge is 2.30. The summed E-state index contributed by atoms with van der Waals surface area (Å²) in [5.74, 6) is 0.659. The van der Waals surface area contributed by atoms with Crippen molar-refractivity contribution in [3.63, 3.8) is 0 Å². The minimum atomic E-state index is -1.52. The van der Waals surface area contributed by atoms with Crippen LogP contribution >= 0.6 is 0 Å². The molecule has 2 aromatic rings. The van der Waals surface area contributed by atoms with Crippen LogP contribution in [0.15, 0.2) is 71.9 Å². The molecule has 1 saturated heterocycles. The summed E-state index contributed by atoms with van der Waals surface area (Å²) in [6.07, 6.45) is 0. The highest BCUT2D eigenvalue weighted by Crippen LogP contribution is 2.31. The summed E-state index contributed by atoms with van der Waals surface area (Å²) >= 11 is 0. The Hall–Kier alpha value is -1.64. The minimum Gasteiger partial charge on any atom is -0.292 e. The van der Waals surface area contributed by atoms with Crippen LogP contribution in [0.5, 0.6) is 0 Å². The highest BCUT2D eigenvalue weighted by molar-refractivity contribution is 6.94. The van der Waals surface area contributed by atoms with Gasteiger partial charge in [0.2, 0.25) is 0 Å². The Bertz CT molecular complexity index is 690. The van der Waals surface area contributed by atoms with Crippen LogP contribution in [0.1, 0.15) is 25.5 Å². The quantitative estimate of drug-likeness (QED) is 0.727. The lowest BCUT2D eigenvalue weighted by Crippen LogP contribution is -2.40. The van der Waals surface area contributed by atoms with Gasteiger partial charge in [-0.2, -0.15) is 0 Å². The normalized spacial score (nSPS) is 22.0. The van der Waals surface area contributed by atoms with Crippen molar-refractivity contribution in [2.45, 2.75) is 33.0 Å². The molecule has 2 atom stereocenters. The molecule has 1 heterocycles. The summed E-state index contributed by atoms with van der Waals surface area (Å²) in [5.41, 5.74) is 5.70. The van der Waals surface area contributed by atoms with E-state index in [1.165, 1.54) is 17.3 Å². The molecule has 0 aliphatic carbocycles. The lowest BCUT2D eigenvalue weighted by Gasteiger charge is -2.24. The first-order valence-corrected chi connectivity index (χ1v) is 12.1. The number of hydrogen-bond acceptors (Lipinski definition) is 1. The molecule has 0 saturated carbocycles. The SMILES string of the molecule is CC1CN([C@H](C)c2ccccc2)C/C1=C/[Si](C)(C)c1ccccc1. The average molecular weight is 336 g/mol. The average Bonchev–Trinajstić information content (AvgIpc) is 2.96. The monoisotopic (exact) mass is 335 g/mol. The summed E-state index contributed by atoms with van der Waals surface area (Å²) in [4.78, 5) is 2.63. The summed E-state index contributed by atoms with van der Waals surface area (Å²) in [7, 11) is -1.52. The first kappa shape index (κ1) is 17.2. The van der Waals surface area contributed by atoms with Crippen molar-refractivity contribution in [3.05, 3.63) is 77.5 Å². The van der Waals surface area contributed by atoms with E-state index in [9.17, 15) is 0 Å². The number of hydrogen-bond donors (Lipinski definition) is 0. The van der Waals surface area contributed by atoms with Crippen LogP contribution < -0.4 is 5.19 Å². The van der Waals surface area contributed by atoms with E-state index in [0.29, 0.717) is 12.0 Å². The molecule has 1 fully saturated rings. The van der Waals surface area contributed by atoms with E-state index in [1.807, 2.05) is 0 Å². The third kappa shape index (κ3) is 3.71. The van der Waals surface area contributed by atoms with E-state index in [4.69, 9.17) is 0 Å². The molecule has 1 aliphatic rings. The first-order chi connectivity index (χ1) is 11.5. The summed E-state index contributed by atoms with van der Waals surface area (Å²) in [6.45, 7) is 11.9. The van der Waals surface area contributed by atoms with E-state index >= 15 is 0 Å². The smallest absolute Gasteiger partial charge is 0.104 e. The Morgan fingerprint density at radius 3 is 2.21 bits per heavy atom. The Kier molecular flexibility index (Phi) is 5.07. The first-order valence-electron chi connectivity index (χ1n) is 9.03. The maximum Gasteiger partial charge on any atom is 0.104 e. The molecule has 126 valence electrons. The van der Waals surface area contributed by atoms with Crippen LogP contribution in [-0.4, -0.2) is 26.1 Å². The fourth-order valence-electron chi connectivity index (χ4n) is 3.76.